The van der Waals surface area contributed by atoms with Gasteiger partial charge in [0.25, 0.3) is 0 Å². The van der Waals surface area contributed by atoms with Gasteiger partial charge in [-0.25, -0.2) is 12.7 Å². The Morgan fingerprint density at radius 3 is 2.58 bits per heavy atom. The Balaban J connectivity index is 1.45. The third-order valence-electron chi connectivity index (χ3n) is 6.42. The van der Waals surface area contributed by atoms with Crippen LogP contribution in [-0.4, -0.2) is 55.2 Å². The Morgan fingerprint density at radius 1 is 1.13 bits per heavy atom. The first-order valence-corrected chi connectivity index (χ1v) is 12.5. The van der Waals surface area contributed by atoms with Gasteiger partial charge in [0, 0.05) is 43.0 Å². The van der Waals surface area contributed by atoms with Gasteiger partial charge in [0.05, 0.1) is 7.11 Å². The van der Waals surface area contributed by atoms with Gasteiger partial charge in [-0.1, -0.05) is 18.2 Å². The highest BCUT2D eigenvalue weighted by Gasteiger charge is 2.44. The van der Waals surface area contributed by atoms with E-state index in [-0.39, 0.29) is 18.0 Å². The molecule has 3 heterocycles. The van der Waals surface area contributed by atoms with Crippen LogP contribution in [0.1, 0.15) is 49.4 Å². The molecule has 4 rings (SSSR count). The molecule has 3 atom stereocenters. The quantitative estimate of drug-likeness (QED) is 0.712. The largest absolute Gasteiger partial charge is 0.497 e. The molecule has 31 heavy (non-hydrogen) atoms. The number of rotatable bonds is 6. The Morgan fingerprint density at radius 2 is 1.90 bits per heavy atom. The SMILES string of the molecule is COc1cccc(Cc2ccc(C3CCCN(S(=O)(=O)C4C(C)NNC4C)C3)nc2)c1. The Labute approximate surface area is 185 Å². The van der Waals surface area contributed by atoms with E-state index in [1.807, 2.05) is 38.2 Å². The number of hydrogen-bond acceptors (Lipinski definition) is 6. The zero-order chi connectivity index (χ0) is 22.0. The standard InChI is InChI=1S/C23H32N4O3S/c1-16-23(17(2)26-25-16)31(28,29)27-11-5-7-20(15-27)22-10-9-19(14-24-22)12-18-6-4-8-21(13-18)30-3/h4,6,8-10,13-14,16-17,20,23,25-26H,5,7,11-12,15H2,1-3H3. The average molecular weight is 445 g/mol. The van der Waals surface area contributed by atoms with Crippen molar-refractivity contribution in [3.63, 3.8) is 0 Å². The highest BCUT2D eigenvalue weighted by atomic mass is 32.2. The molecule has 1 aromatic carbocycles. The third-order valence-corrected chi connectivity index (χ3v) is 8.98. The maximum atomic E-state index is 13.3. The number of pyridine rings is 1. The number of ether oxygens (including phenoxy) is 1. The molecule has 0 spiro atoms. The molecule has 2 saturated heterocycles. The van der Waals surface area contributed by atoms with Crippen LogP contribution in [0.15, 0.2) is 42.6 Å². The minimum atomic E-state index is -3.39. The molecule has 2 aliphatic rings. The molecule has 0 saturated carbocycles. The third kappa shape index (κ3) is 4.77. The van der Waals surface area contributed by atoms with Crippen molar-refractivity contribution in [1.29, 1.82) is 0 Å². The first kappa shape index (κ1) is 22.2. The monoisotopic (exact) mass is 444 g/mol. The smallest absolute Gasteiger partial charge is 0.220 e. The molecule has 2 fully saturated rings. The van der Waals surface area contributed by atoms with Crippen molar-refractivity contribution in [1.82, 2.24) is 20.1 Å². The summed E-state index contributed by atoms with van der Waals surface area (Å²) >= 11 is 0. The zero-order valence-corrected chi connectivity index (χ0v) is 19.2. The van der Waals surface area contributed by atoms with E-state index in [9.17, 15) is 8.42 Å². The second-order valence-electron chi connectivity index (χ2n) is 8.69. The van der Waals surface area contributed by atoms with Crippen LogP contribution in [0, 0.1) is 0 Å². The number of hydrogen-bond donors (Lipinski definition) is 2. The molecule has 0 amide bonds. The average Bonchev–Trinajstić information content (AvgIpc) is 3.13. The summed E-state index contributed by atoms with van der Waals surface area (Å²) in [6.45, 7) is 4.93. The minimum absolute atomic E-state index is 0.116. The van der Waals surface area contributed by atoms with Crippen LogP contribution < -0.4 is 15.6 Å². The summed E-state index contributed by atoms with van der Waals surface area (Å²) in [7, 11) is -1.72. The van der Waals surface area contributed by atoms with Crippen molar-refractivity contribution in [2.45, 2.75) is 56.4 Å². The topological polar surface area (TPSA) is 83.6 Å². The fraction of sp³-hybridized carbons (Fsp3) is 0.522. The summed E-state index contributed by atoms with van der Waals surface area (Å²) in [6.07, 6.45) is 4.51. The van der Waals surface area contributed by atoms with Crippen molar-refractivity contribution in [3.05, 3.63) is 59.4 Å². The molecule has 8 heteroatoms. The van der Waals surface area contributed by atoms with Gasteiger partial charge < -0.3 is 4.74 Å². The maximum Gasteiger partial charge on any atom is 0.220 e. The summed E-state index contributed by atoms with van der Waals surface area (Å²) in [6, 6.07) is 12.0. The van der Waals surface area contributed by atoms with Crippen LogP contribution in [0.2, 0.25) is 0 Å². The second kappa shape index (κ2) is 9.24. The fourth-order valence-corrected chi connectivity index (χ4v) is 7.05. The van der Waals surface area contributed by atoms with Gasteiger partial charge in [-0.2, -0.15) is 0 Å². The van der Waals surface area contributed by atoms with Crippen molar-refractivity contribution in [2.24, 2.45) is 0 Å². The van der Waals surface area contributed by atoms with Crippen LogP contribution in [0.5, 0.6) is 5.75 Å². The maximum absolute atomic E-state index is 13.3. The first-order chi connectivity index (χ1) is 14.9. The Kier molecular flexibility index (Phi) is 6.62. The summed E-state index contributed by atoms with van der Waals surface area (Å²) in [5, 5.41) is -0.454. The number of sulfonamides is 1. The highest BCUT2D eigenvalue weighted by Crippen LogP contribution is 2.30. The van der Waals surface area contributed by atoms with Crippen LogP contribution in [-0.2, 0) is 16.4 Å². The van der Waals surface area contributed by atoms with Crippen molar-refractivity contribution in [2.75, 3.05) is 20.2 Å². The fourth-order valence-electron chi connectivity index (χ4n) is 4.76. The summed E-state index contributed by atoms with van der Waals surface area (Å²) in [5.74, 6) is 0.976. The second-order valence-corrected chi connectivity index (χ2v) is 10.8. The molecule has 2 aliphatic heterocycles. The molecule has 2 N–H and O–H groups in total. The van der Waals surface area contributed by atoms with Gasteiger partial charge >= 0.3 is 0 Å². The van der Waals surface area contributed by atoms with Gasteiger partial charge in [0.2, 0.25) is 10.0 Å². The summed E-state index contributed by atoms with van der Waals surface area (Å²) in [4.78, 5) is 4.71. The number of hydrazine groups is 1. The molecule has 2 aromatic rings. The van der Waals surface area contributed by atoms with Gasteiger partial charge in [0.15, 0.2) is 0 Å². The van der Waals surface area contributed by atoms with Crippen molar-refractivity contribution in [3.8, 4) is 5.75 Å². The molecule has 168 valence electrons. The number of aromatic nitrogens is 1. The van der Waals surface area contributed by atoms with Gasteiger partial charge in [-0.3, -0.25) is 15.8 Å². The first-order valence-electron chi connectivity index (χ1n) is 11.0. The Bertz CT molecular complexity index is 986. The van der Waals surface area contributed by atoms with E-state index in [2.05, 4.69) is 29.1 Å². The molecule has 0 radical (unpaired) electrons. The lowest BCUT2D eigenvalue weighted by molar-refractivity contribution is 0.307. The summed E-state index contributed by atoms with van der Waals surface area (Å²) < 4.78 is 33.6. The van der Waals surface area contributed by atoms with E-state index < -0.39 is 15.3 Å². The van der Waals surface area contributed by atoms with E-state index in [1.54, 1.807) is 11.4 Å². The summed E-state index contributed by atoms with van der Waals surface area (Å²) in [5.41, 5.74) is 9.40. The number of methoxy groups -OCH3 is 1. The van der Waals surface area contributed by atoms with E-state index >= 15 is 0 Å². The lowest BCUT2D eigenvalue weighted by Crippen LogP contribution is -2.49. The predicted molar refractivity (Wildman–Crippen MR) is 121 cm³/mol. The highest BCUT2D eigenvalue weighted by molar-refractivity contribution is 7.89. The van der Waals surface area contributed by atoms with Crippen molar-refractivity contribution < 1.29 is 13.2 Å². The van der Waals surface area contributed by atoms with E-state index in [0.29, 0.717) is 13.1 Å². The molecule has 0 aliphatic carbocycles. The number of piperidine rings is 1. The number of nitrogens with zero attached hydrogens (tertiary/aromatic N) is 2. The number of benzene rings is 1. The lowest BCUT2D eigenvalue weighted by Gasteiger charge is -2.34. The normalized spacial score (nSPS) is 27.3. The predicted octanol–water partition coefficient (Wildman–Crippen LogP) is 2.44. The van der Waals surface area contributed by atoms with Crippen LogP contribution in [0.25, 0.3) is 0 Å². The van der Waals surface area contributed by atoms with E-state index in [0.717, 1.165) is 36.3 Å². The zero-order valence-electron chi connectivity index (χ0n) is 18.4. The number of nitrogens with one attached hydrogen (secondary N) is 2. The lowest BCUT2D eigenvalue weighted by atomic mass is 9.95. The van der Waals surface area contributed by atoms with E-state index in [1.165, 1.54) is 5.56 Å². The van der Waals surface area contributed by atoms with Crippen LogP contribution >= 0.6 is 0 Å². The Hall–Kier alpha value is -2.00. The molecule has 3 unspecified atom stereocenters. The van der Waals surface area contributed by atoms with E-state index in [4.69, 9.17) is 9.72 Å². The minimum Gasteiger partial charge on any atom is -0.497 e. The molecular weight excluding hydrogens is 412 g/mol. The molecule has 7 nitrogen and oxygen atoms in total. The van der Waals surface area contributed by atoms with Crippen LogP contribution in [0.4, 0.5) is 0 Å². The van der Waals surface area contributed by atoms with Gasteiger partial charge in [-0.05, 0) is 62.4 Å². The molecular formula is C23H32N4O3S. The van der Waals surface area contributed by atoms with Gasteiger partial charge in [0.1, 0.15) is 11.0 Å². The molecule has 1 aromatic heterocycles. The van der Waals surface area contributed by atoms with Crippen molar-refractivity contribution >= 4 is 10.0 Å². The van der Waals surface area contributed by atoms with Gasteiger partial charge in [-0.15, -0.1) is 0 Å². The molecule has 0 bridgehead atoms. The van der Waals surface area contributed by atoms with Crippen LogP contribution in [0.3, 0.4) is 0 Å².